The molecule has 0 radical (unpaired) electrons. The lowest BCUT2D eigenvalue weighted by molar-refractivity contribution is -0.138. The molecule has 0 saturated carbocycles. The lowest BCUT2D eigenvalue weighted by atomic mass is 10.3. The van der Waals surface area contributed by atoms with Crippen LogP contribution in [0.3, 0.4) is 0 Å². The molecule has 0 fully saturated rings. The molecule has 2 aromatic heterocycles. The zero-order valence-corrected chi connectivity index (χ0v) is 13.7. The normalized spacial score (nSPS) is 13.2. The van der Waals surface area contributed by atoms with E-state index < -0.39 is 22.3 Å². The maximum Gasteiger partial charge on any atom is 0.445 e. The molecule has 3 rings (SSSR count). The number of amides is 1. The molecule has 11 heteroatoms. The number of hydrogen-bond donors (Lipinski definition) is 2. The minimum atomic E-state index is -4.57. The number of aromatic nitrogens is 4. The van der Waals surface area contributed by atoms with Gasteiger partial charge in [0, 0.05) is 0 Å². The Kier molecular flexibility index (Phi) is 4.45. The van der Waals surface area contributed by atoms with Gasteiger partial charge in [-0.25, -0.2) is 4.98 Å². The number of imidazole rings is 1. The Morgan fingerprint density at radius 1 is 1.33 bits per heavy atom. The standard InChI is InChI=1S/C13H10F3N5OS2/c1-6(23-11-17-7-4-2-3-5-8(7)18-11)9(22)19-12-21-20-10(24-12)13(14,15)16/h2-6H,1H3,(H,17,18)(H,19,21,22)/t6-/m1/s1. The molecule has 1 aromatic carbocycles. The fourth-order valence-electron chi connectivity index (χ4n) is 1.80. The van der Waals surface area contributed by atoms with Crippen LogP contribution in [0.4, 0.5) is 18.3 Å². The number of nitrogens with zero attached hydrogens (tertiary/aromatic N) is 3. The van der Waals surface area contributed by atoms with Crippen molar-refractivity contribution in [2.24, 2.45) is 0 Å². The largest absolute Gasteiger partial charge is 0.445 e. The highest BCUT2D eigenvalue weighted by atomic mass is 32.2. The van der Waals surface area contributed by atoms with Crippen LogP contribution in [0.25, 0.3) is 11.0 Å². The van der Waals surface area contributed by atoms with Crippen LogP contribution in [0, 0.1) is 0 Å². The molecule has 3 aromatic rings. The van der Waals surface area contributed by atoms with Crippen molar-refractivity contribution in [3.05, 3.63) is 29.3 Å². The zero-order valence-electron chi connectivity index (χ0n) is 12.1. The molecule has 0 aliphatic heterocycles. The summed E-state index contributed by atoms with van der Waals surface area (Å²) in [5.74, 6) is -0.481. The zero-order chi connectivity index (χ0) is 17.3. The average molecular weight is 373 g/mol. The van der Waals surface area contributed by atoms with E-state index in [9.17, 15) is 18.0 Å². The summed E-state index contributed by atoms with van der Waals surface area (Å²) in [6.07, 6.45) is -4.57. The highest BCUT2D eigenvalue weighted by Crippen LogP contribution is 2.33. The predicted molar refractivity (Wildman–Crippen MR) is 85.0 cm³/mol. The summed E-state index contributed by atoms with van der Waals surface area (Å²) in [6, 6.07) is 7.40. The van der Waals surface area contributed by atoms with Crippen molar-refractivity contribution in [1.29, 1.82) is 0 Å². The summed E-state index contributed by atoms with van der Waals surface area (Å²) in [6.45, 7) is 1.62. The summed E-state index contributed by atoms with van der Waals surface area (Å²) in [7, 11) is 0. The summed E-state index contributed by atoms with van der Waals surface area (Å²) in [4.78, 5) is 19.5. The topological polar surface area (TPSA) is 83.6 Å². The van der Waals surface area contributed by atoms with Gasteiger partial charge in [0.2, 0.25) is 16.0 Å². The molecule has 2 N–H and O–H groups in total. The molecule has 24 heavy (non-hydrogen) atoms. The van der Waals surface area contributed by atoms with Crippen molar-refractivity contribution >= 4 is 45.2 Å². The van der Waals surface area contributed by atoms with Gasteiger partial charge < -0.3 is 4.98 Å². The van der Waals surface area contributed by atoms with Crippen LogP contribution in [0.1, 0.15) is 11.9 Å². The molecule has 126 valence electrons. The van der Waals surface area contributed by atoms with Crippen LogP contribution in [0.15, 0.2) is 29.4 Å². The maximum atomic E-state index is 12.5. The fraction of sp³-hybridized carbons (Fsp3) is 0.231. The fourth-order valence-corrected chi connectivity index (χ4v) is 3.24. The van der Waals surface area contributed by atoms with Gasteiger partial charge in [0.15, 0.2) is 5.16 Å². The number of anilines is 1. The van der Waals surface area contributed by atoms with Crippen molar-refractivity contribution in [1.82, 2.24) is 20.2 Å². The van der Waals surface area contributed by atoms with E-state index in [1.807, 2.05) is 24.3 Å². The number of rotatable bonds is 4. The molecular weight excluding hydrogens is 363 g/mol. The second-order valence-electron chi connectivity index (χ2n) is 4.72. The van der Waals surface area contributed by atoms with Crippen LogP contribution in [-0.2, 0) is 11.0 Å². The van der Waals surface area contributed by atoms with E-state index >= 15 is 0 Å². The third-order valence-electron chi connectivity index (χ3n) is 2.92. The van der Waals surface area contributed by atoms with Crippen LogP contribution < -0.4 is 5.32 Å². The first-order valence-electron chi connectivity index (χ1n) is 6.66. The SMILES string of the molecule is C[C@@H](Sc1nc2ccccc2[nH]1)C(=O)Nc1nnc(C(F)(F)F)s1. The molecule has 0 aliphatic carbocycles. The van der Waals surface area contributed by atoms with E-state index in [1.54, 1.807) is 6.92 Å². The van der Waals surface area contributed by atoms with Crippen LogP contribution in [0.2, 0.25) is 0 Å². The molecule has 2 heterocycles. The van der Waals surface area contributed by atoms with Crippen molar-refractivity contribution in [2.75, 3.05) is 5.32 Å². The first-order valence-corrected chi connectivity index (χ1v) is 8.35. The first kappa shape index (κ1) is 16.7. The summed E-state index contributed by atoms with van der Waals surface area (Å²) in [5.41, 5.74) is 1.61. The van der Waals surface area contributed by atoms with Crippen LogP contribution >= 0.6 is 23.1 Å². The Morgan fingerprint density at radius 3 is 2.75 bits per heavy atom. The number of para-hydroxylation sites is 2. The number of carbonyl (C=O) groups excluding carboxylic acids is 1. The Morgan fingerprint density at radius 2 is 2.08 bits per heavy atom. The molecule has 0 spiro atoms. The first-order chi connectivity index (χ1) is 11.3. The Bertz CT molecular complexity index is 843. The van der Waals surface area contributed by atoms with Crippen molar-refractivity contribution in [3.8, 4) is 0 Å². The quantitative estimate of drug-likeness (QED) is 0.684. The Hall–Kier alpha value is -2.14. The number of nitrogens with one attached hydrogen (secondary N) is 2. The van der Waals surface area contributed by atoms with Gasteiger partial charge in [-0.15, -0.1) is 10.2 Å². The van der Waals surface area contributed by atoms with Gasteiger partial charge in [-0.3, -0.25) is 10.1 Å². The lowest BCUT2D eigenvalue weighted by Crippen LogP contribution is -2.22. The van der Waals surface area contributed by atoms with Gasteiger partial charge in [-0.05, 0) is 19.1 Å². The van der Waals surface area contributed by atoms with Gasteiger partial charge in [-0.1, -0.05) is 35.2 Å². The number of halogens is 3. The predicted octanol–water partition coefficient (Wildman–Crippen LogP) is 3.55. The minimum Gasteiger partial charge on any atom is -0.333 e. The molecule has 0 bridgehead atoms. The van der Waals surface area contributed by atoms with E-state index in [0.29, 0.717) is 5.16 Å². The average Bonchev–Trinajstić information content (AvgIpc) is 3.12. The van der Waals surface area contributed by atoms with Crippen molar-refractivity contribution in [3.63, 3.8) is 0 Å². The number of H-pyrrole nitrogens is 1. The second-order valence-corrected chi connectivity index (χ2v) is 7.03. The molecule has 6 nitrogen and oxygen atoms in total. The van der Waals surface area contributed by atoms with Crippen molar-refractivity contribution < 1.29 is 18.0 Å². The summed E-state index contributed by atoms with van der Waals surface area (Å²) in [5, 5.41) is 7.36. The van der Waals surface area contributed by atoms with E-state index in [4.69, 9.17) is 0 Å². The molecule has 0 saturated heterocycles. The smallest absolute Gasteiger partial charge is 0.333 e. The summed E-state index contributed by atoms with van der Waals surface area (Å²) < 4.78 is 37.4. The van der Waals surface area contributed by atoms with Gasteiger partial charge in [-0.2, -0.15) is 13.2 Å². The van der Waals surface area contributed by atoms with Crippen LogP contribution in [0.5, 0.6) is 0 Å². The van der Waals surface area contributed by atoms with E-state index in [0.717, 1.165) is 22.8 Å². The molecule has 0 unspecified atom stereocenters. The number of carbonyl (C=O) groups is 1. The molecule has 0 aliphatic rings. The number of fused-ring (bicyclic) bond motifs is 1. The third-order valence-corrected chi connectivity index (χ3v) is 4.79. The van der Waals surface area contributed by atoms with E-state index in [1.165, 1.54) is 0 Å². The number of aromatic amines is 1. The highest BCUT2D eigenvalue weighted by molar-refractivity contribution is 8.00. The summed E-state index contributed by atoms with van der Waals surface area (Å²) >= 11 is 1.45. The number of thioether (sulfide) groups is 1. The van der Waals surface area contributed by atoms with Gasteiger partial charge in [0.05, 0.1) is 16.3 Å². The molecular formula is C13H10F3N5OS2. The van der Waals surface area contributed by atoms with Crippen molar-refractivity contribution in [2.45, 2.75) is 23.5 Å². The van der Waals surface area contributed by atoms with Gasteiger partial charge >= 0.3 is 6.18 Å². The Balaban J connectivity index is 1.65. The van der Waals surface area contributed by atoms with Crippen LogP contribution in [-0.4, -0.2) is 31.3 Å². The Labute approximate surface area is 141 Å². The van der Waals surface area contributed by atoms with Gasteiger partial charge in [0.1, 0.15) is 0 Å². The molecule has 1 atom stereocenters. The highest BCUT2D eigenvalue weighted by Gasteiger charge is 2.36. The minimum absolute atomic E-state index is 0.190. The van der Waals surface area contributed by atoms with E-state index in [2.05, 4.69) is 25.5 Å². The number of benzene rings is 1. The maximum absolute atomic E-state index is 12.5. The number of hydrogen-bond acceptors (Lipinski definition) is 6. The van der Waals surface area contributed by atoms with E-state index in [-0.39, 0.29) is 16.5 Å². The number of alkyl halides is 3. The lowest BCUT2D eigenvalue weighted by Gasteiger charge is -2.07. The molecule has 1 amide bonds. The third kappa shape index (κ3) is 3.67. The monoisotopic (exact) mass is 373 g/mol. The second kappa shape index (κ2) is 6.40. The van der Waals surface area contributed by atoms with Gasteiger partial charge in [0.25, 0.3) is 0 Å².